The normalized spacial score (nSPS) is 18.6. The number of halogens is 6. The number of aromatic nitrogens is 2. The van der Waals surface area contributed by atoms with Gasteiger partial charge in [0.1, 0.15) is 23.8 Å². The first-order valence-corrected chi connectivity index (χ1v) is 12.2. The monoisotopic (exact) mass is 544 g/mol. The van der Waals surface area contributed by atoms with E-state index in [1.165, 1.54) is 12.1 Å². The molecule has 0 saturated carbocycles. The molecule has 1 amide bonds. The van der Waals surface area contributed by atoms with Gasteiger partial charge in [0.15, 0.2) is 5.69 Å². The number of nitrogens with zero attached hydrogens (tertiary/aromatic N) is 3. The van der Waals surface area contributed by atoms with Crippen molar-refractivity contribution in [1.82, 2.24) is 19.8 Å². The molecule has 0 bridgehead atoms. The minimum Gasteiger partial charge on any atom is -0.351 e. The number of hydrogen-bond donors (Lipinski definition) is 1. The molecule has 3 aromatic rings. The molecule has 0 spiro atoms. The zero-order valence-corrected chi connectivity index (χ0v) is 19.5. The second-order valence-corrected chi connectivity index (χ2v) is 10.1. The molecule has 4 rings (SSSR count). The van der Waals surface area contributed by atoms with Crippen LogP contribution >= 0.6 is 0 Å². The van der Waals surface area contributed by atoms with Gasteiger partial charge in [-0.25, -0.2) is 21.6 Å². The summed E-state index contributed by atoms with van der Waals surface area (Å²) in [5.74, 6) is -2.32. The highest BCUT2D eigenvalue weighted by atomic mass is 32.2. The quantitative estimate of drug-likeness (QED) is 0.476. The summed E-state index contributed by atoms with van der Waals surface area (Å²) in [4.78, 5) is 12.5. The molecule has 7 nitrogen and oxygen atoms in total. The van der Waals surface area contributed by atoms with Crippen molar-refractivity contribution in [3.05, 3.63) is 77.5 Å². The molecular weight excluding hydrogens is 526 g/mol. The van der Waals surface area contributed by atoms with Crippen molar-refractivity contribution in [3.8, 4) is 11.3 Å². The van der Waals surface area contributed by atoms with Crippen molar-refractivity contribution in [3.63, 3.8) is 0 Å². The van der Waals surface area contributed by atoms with Crippen LogP contribution in [0.4, 0.5) is 26.3 Å². The second-order valence-electron chi connectivity index (χ2n) is 8.20. The molecule has 1 aromatic heterocycles. The van der Waals surface area contributed by atoms with Gasteiger partial charge in [0.2, 0.25) is 15.9 Å². The molecule has 1 aliphatic rings. The van der Waals surface area contributed by atoms with E-state index < -0.39 is 71.2 Å². The summed E-state index contributed by atoms with van der Waals surface area (Å²) in [5.41, 5.74) is -1.03. The van der Waals surface area contributed by atoms with Crippen molar-refractivity contribution in [1.29, 1.82) is 0 Å². The largest absolute Gasteiger partial charge is 0.435 e. The van der Waals surface area contributed by atoms with E-state index in [-0.39, 0.29) is 21.7 Å². The predicted molar refractivity (Wildman–Crippen MR) is 118 cm³/mol. The van der Waals surface area contributed by atoms with Gasteiger partial charge in [0.05, 0.1) is 10.6 Å². The summed E-state index contributed by atoms with van der Waals surface area (Å²) in [6, 6.07) is 7.70. The lowest BCUT2D eigenvalue weighted by molar-refractivity contribution is -0.141. The first-order valence-electron chi connectivity index (χ1n) is 10.7. The maximum atomic E-state index is 14.4. The van der Waals surface area contributed by atoms with Crippen molar-refractivity contribution in [2.75, 3.05) is 6.54 Å². The molecule has 0 unspecified atom stereocenters. The van der Waals surface area contributed by atoms with Gasteiger partial charge in [-0.2, -0.15) is 17.5 Å². The van der Waals surface area contributed by atoms with E-state index >= 15 is 0 Å². The van der Waals surface area contributed by atoms with E-state index in [4.69, 9.17) is 0 Å². The van der Waals surface area contributed by atoms with Crippen LogP contribution in [0.5, 0.6) is 0 Å². The number of rotatable bonds is 6. The highest BCUT2D eigenvalue weighted by Crippen LogP contribution is 2.30. The number of alkyl halides is 4. The summed E-state index contributed by atoms with van der Waals surface area (Å²) in [7, 11) is -4.33. The summed E-state index contributed by atoms with van der Waals surface area (Å²) in [6.07, 6.45) is -6.75. The van der Waals surface area contributed by atoms with Gasteiger partial charge in [0, 0.05) is 30.6 Å². The van der Waals surface area contributed by atoms with E-state index in [9.17, 15) is 39.6 Å². The zero-order valence-electron chi connectivity index (χ0n) is 18.7. The Kier molecular flexibility index (Phi) is 7.24. The molecule has 0 radical (unpaired) electrons. The molecule has 2 atom stereocenters. The van der Waals surface area contributed by atoms with E-state index in [2.05, 4.69) is 15.5 Å². The molecule has 1 N–H and O–H groups in total. The minimum absolute atomic E-state index is 0.0215. The van der Waals surface area contributed by atoms with Crippen LogP contribution in [0, 0.1) is 11.6 Å². The SMILES string of the molecule is O=C(NCc1cc(-c2ccc(C(F)(F)F)nn2)ccc1F)[C@@H]1C[C@@H](F)CN1S(=O)(=O)c1ccc(F)cc1. The lowest BCUT2D eigenvalue weighted by Gasteiger charge is -2.23. The molecule has 1 fully saturated rings. The first-order chi connectivity index (χ1) is 17.4. The van der Waals surface area contributed by atoms with Crippen LogP contribution in [0.15, 0.2) is 59.5 Å². The fourth-order valence-corrected chi connectivity index (χ4v) is 5.44. The average Bonchev–Trinajstić information content (AvgIpc) is 3.26. The van der Waals surface area contributed by atoms with Crippen LogP contribution < -0.4 is 5.32 Å². The van der Waals surface area contributed by atoms with Gasteiger partial charge in [-0.1, -0.05) is 0 Å². The number of nitrogens with one attached hydrogen (secondary N) is 1. The van der Waals surface area contributed by atoms with E-state index in [1.54, 1.807) is 0 Å². The van der Waals surface area contributed by atoms with Gasteiger partial charge in [0.25, 0.3) is 0 Å². The number of benzene rings is 2. The number of amides is 1. The zero-order chi connectivity index (χ0) is 27.0. The fraction of sp³-hybridized carbons (Fsp3) is 0.261. The van der Waals surface area contributed by atoms with Crippen molar-refractivity contribution < 1.29 is 39.6 Å². The van der Waals surface area contributed by atoms with Gasteiger partial charge >= 0.3 is 6.18 Å². The third kappa shape index (κ3) is 5.74. The van der Waals surface area contributed by atoms with Gasteiger partial charge < -0.3 is 5.32 Å². The summed E-state index contributed by atoms with van der Waals surface area (Å²) >= 11 is 0. The summed E-state index contributed by atoms with van der Waals surface area (Å²) < 4.78 is 106. The van der Waals surface area contributed by atoms with Crippen LogP contribution in [-0.4, -0.2) is 47.6 Å². The third-order valence-corrected chi connectivity index (χ3v) is 7.57. The smallest absolute Gasteiger partial charge is 0.351 e. The van der Waals surface area contributed by atoms with Gasteiger partial charge in [-0.3, -0.25) is 4.79 Å². The number of carbonyl (C=O) groups is 1. The van der Waals surface area contributed by atoms with Crippen LogP contribution in [0.25, 0.3) is 11.3 Å². The predicted octanol–water partition coefficient (Wildman–Crippen LogP) is 3.86. The lowest BCUT2D eigenvalue weighted by Crippen LogP contribution is -2.45. The Bertz CT molecular complexity index is 1400. The molecule has 196 valence electrons. The Morgan fingerprint density at radius 2 is 1.73 bits per heavy atom. The lowest BCUT2D eigenvalue weighted by atomic mass is 10.1. The van der Waals surface area contributed by atoms with Crippen molar-refractivity contribution >= 4 is 15.9 Å². The molecule has 37 heavy (non-hydrogen) atoms. The molecule has 0 aliphatic carbocycles. The molecule has 14 heteroatoms. The number of carbonyl (C=O) groups excluding carboxylic acids is 1. The third-order valence-electron chi connectivity index (χ3n) is 5.68. The number of hydrogen-bond acceptors (Lipinski definition) is 5. The maximum absolute atomic E-state index is 14.4. The van der Waals surface area contributed by atoms with E-state index in [0.717, 1.165) is 42.5 Å². The molecule has 2 aromatic carbocycles. The molecule has 2 heterocycles. The highest BCUT2D eigenvalue weighted by molar-refractivity contribution is 7.89. The van der Waals surface area contributed by atoms with Crippen LogP contribution in [0.2, 0.25) is 0 Å². The molecular formula is C23H18F6N4O3S. The standard InChI is InChI=1S/C23H18F6N4O3S/c24-15-2-4-17(5-3-15)37(35,36)33-12-16(25)10-20(33)22(34)30-11-14-9-13(1-6-18(14)26)19-7-8-21(32-31-19)23(27,28)29/h1-9,16,20H,10-12H2,(H,30,34)/t16-,20+/m1/s1. The van der Waals surface area contributed by atoms with E-state index in [0.29, 0.717) is 4.31 Å². The summed E-state index contributed by atoms with van der Waals surface area (Å²) in [6.45, 7) is -1.02. The Morgan fingerprint density at radius 1 is 1.03 bits per heavy atom. The summed E-state index contributed by atoms with van der Waals surface area (Å²) in [5, 5.41) is 9.00. The Labute approximate surface area is 207 Å². The number of sulfonamides is 1. The Hall–Kier alpha value is -3.52. The first kappa shape index (κ1) is 26.5. The molecule has 1 aliphatic heterocycles. The minimum atomic E-state index is -4.68. The van der Waals surface area contributed by atoms with Crippen LogP contribution in [0.3, 0.4) is 0 Å². The second kappa shape index (κ2) is 10.1. The van der Waals surface area contributed by atoms with Crippen LogP contribution in [0.1, 0.15) is 17.7 Å². The average molecular weight is 544 g/mol. The highest BCUT2D eigenvalue weighted by Gasteiger charge is 2.44. The van der Waals surface area contributed by atoms with Crippen molar-refractivity contribution in [2.45, 2.75) is 36.3 Å². The van der Waals surface area contributed by atoms with Gasteiger partial charge in [-0.15, -0.1) is 10.2 Å². The Morgan fingerprint density at radius 3 is 2.35 bits per heavy atom. The topological polar surface area (TPSA) is 92.3 Å². The van der Waals surface area contributed by atoms with Gasteiger partial charge in [-0.05, 0) is 54.6 Å². The fourth-order valence-electron chi connectivity index (χ4n) is 3.81. The van der Waals surface area contributed by atoms with Crippen LogP contribution in [-0.2, 0) is 27.5 Å². The van der Waals surface area contributed by atoms with Crippen molar-refractivity contribution in [2.24, 2.45) is 0 Å². The van der Waals surface area contributed by atoms with E-state index in [1.807, 2.05) is 0 Å². The molecule has 1 saturated heterocycles. The maximum Gasteiger partial charge on any atom is 0.435 e. The Balaban J connectivity index is 1.50.